The molecule has 1 N–H and O–H groups in total. The van der Waals surface area contributed by atoms with E-state index in [0.717, 1.165) is 12.8 Å². The van der Waals surface area contributed by atoms with Gasteiger partial charge in [0.2, 0.25) is 0 Å². The lowest BCUT2D eigenvalue weighted by Crippen LogP contribution is -2.45. The van der Waals surface area contributed by atoms with Crippen molar-refractivity contribution in [3.8, 4) is 0 Å². The Balaban J connectivity index is 2.29. The summed E-state index contributed by atoms with van der Waals surface area (Å²) in [7, 11) is 0. The van der Waals surface area contributed by atoms with Crippen molar-refractivity contribution in [2.75, 3.05) is 5.75 Å². The Morgan fingerprint density at radius 1 is 1.55 bits per heavy atom. The molecule has 2 heterocycles. The third-order valence-corrected chi connectivity index (χ3v) is 4.89. The van der Waals surface area contributed by atoms with E-state index in [9.17, 15) is 14.7 Å². The average molecular weight is 359 g/mol. The molecule has 1 amide bonds. The number of nitrogens with zero attached hydrogens (tertiary/aromatic N) is 2. The third kappa shape index (κ3) is 3.15. The van der Waals surface area contributed by atoms with Crippen LogP contribution in [0.1, 0.15) is 30.1 Å². The number of carbonyl (C=O) groups excluding carboxylic acids is 1. The monoisotopic (exact) mass is 358 g/mol. The molecule has 1 aliphatic heterocycles. The first-order valence-electron chi connectivity index (χ1n) is 6.32. The molecule has 0 saturated carbocycles. The number of amides is 1. The molecule has 0 aliphatic carbocycles. The van der Waals surface area contributed by atoms with Crippen LogP contribution in [0.3, 0.4) is 0 Å². The van der Waals surface area contributed by atoms with Gasteiger partial charge in [-0.15, -0.1) is 11.8 Å². The SMILES string of the molecule is CCCC1SCC(C(=O)O)N1C(=O)c1cncc(Br)c1. The van der Waals surface area contributed by atoms with Crippen molar-refractivity contribution in [2.24, 2.45) is 0 Å². The maximum atomic E-state index is 12.6. The highest BCUT2D eigenvalue weighted by atomic mass is 79.9. The minimum Gasteiger partial charge on any atom is -0.480 e. The molecule has 1 aromatic heterocycles. The fourth-order valence-electron chi connectivity index (χ4n) is 2.17. The molecular weight excluding hydrogens is 344 g/mol. The molecule has 1 aliphatic rings. The summed E-state index contributed by atoms with van der Waals surface area (Å²) in [6, 6.07) is 0.906. The Bertz CT molecular complexity index is 526. The van der Waals surface area contributed by atoms with Crippen LogP contribution in [0.15, 0.2) is 22.9 Å². The van der Waals surface area contributed by atoms with Crippen molar-refractivity contribution in [2.45, 2.75) is 31.2 Å². The van der Waals surface area contributed by atoms with Crippen LogP contribution in [0, 0.1) is 0 Å². The van der Waals surface area contributed by atoms with Crippen LogP contribution < -0.4 is 0 Å². The predicted molar refractivity (Wildman–Crippen MR) is 80.7 cm³/mol. The quantitative estimate of drug-likeness (QED) is 0.895. The zero-order valence-electron chi connectivity index (χ0n) is 11.0. The van der Waals surface area contributed by atoms with Gasteiger partial charge in [0.15, 0.2) is 0 Å². The van der Waals surface area contributed by atoms with Crippen LogP contribution in [-0.4, -0.2) is 44.0 Å². The van der Waals surface area contributed by atoms with Gasteiger partial charge in [0.25, 0.3) is 5.91 Å². The van der Waals surface area contributed by atoms with Crippen LogP contribution in [0.25, 0.3) is 0 Å². The van der Waals surface area contributed by atoms with Gasteiger partial charge in [0.1, 0.15) is 6.04 Å². The van der Waals surface area contributed by atoms with Crippen LogP contribution in [0.4, 0.5) is 0 Å². The zero-order chi connectivity index (χ0) is 14.7. The lowest BCUT2D eigenvalue weighted by Gasteiger charge is -2.27. The van der Waals surface area contributed by atoms with E-state index in [2.05, 4.69) is 20.9 Å². The molecule has 1 saturated heterocycles. The summed E-state index contributed by atoms with van der Waals surface area (Å²) in [4.78, 5) is 29.4. The van der Waals surface area contributed by atoms with Crippen LogP contribution >= 0.6 is 27.7 Å². The second kappa shape index (κ2) is 6.58. The van der Waals surface area contributed by atoms with E-state index >= 15 is 0 Å². The fraction of sp³-hybridized carbons (Fsp3) is 0.462. The third-order valence-electron chi connectivity index (χ3n) is 3.10. The van der Waals surface area contributed by atoms with Crippen molar-refractivity contribution in [1.29, 1.82) is 0 Å². The minimum absolute atomic E-state index is 0.0763. The Morgan fingerprint density at radius 3 is 2.90 bits per heavy atom. The molecule has 108 valence electrons. The summed E-state index contributed by atoms with van der Waals surface area (Å²) in [6.07, 6.45) is 4.76. The molecule has 1 fully saturated rings. The van der Waals surface area contributed by atoms with Crippen LogP contribution in [-0.2, 0) is 4.79 Å². The second-order valence-corrected chi connectivity index (χ2v) is 6.66. The molecule has 0 radical (unpaired) electrons. The van der Waals surface area contributed by atoms with Crippen molar-refractivity contribution < 1.29 is 14.7 Å². The number of aromatic nitrogens is 1. The van der Waals surface area contributed by atoms with Crippen molar-refractivity contribution in [3.05, 3.63) is 28.5 Å². The summed E-state index contributed by atoms with van der Waals surface area (Å²) in [6.45, 7) is 2.03. The Labute approximate surface area is 129 Å². The van der Waals surface area contributed by atoms with Gasteiger partial charge in [0, 0.05) is 22.6 Å². The van der Waals surface area contributed by atoms with E-state index in [-0.39, 0.29) is 11.3 Å². The first-order valence-corrected chi connectivity index (χ1v) is 8.16. The van der Waals surface area contributed by atoms with Gasteiger partial charge in [-0.05, 0) is 28.4 Å². The molecule has 5 nitrogen and oxygen atoms in total. The Hall–Kier alpha value is -1.08. The van der Waals surface area contributed by atoms with Crippen LogP contribution in [0.5, 0.6) is 0 Å². The number of thioether (sulfide) groups is 1. The van der Waals surface area contributed by atoms with Gasteiger partial charge < -0.3 is 10.0 Å². The van der Waals surface area contributed by atoms with Gasteiger partial charge in [-0.25, -0.2) is 4.79 Å². The van der Waals surface area contributed by atoms with Crippen LogP contribution in [0.2, 0.25) is 0 Å². The topological polar surface area (TPSA) is 70.5 Å². The maximum absolute atomic E-state index is 12.6. The summed E-state index contributed by atoms with van der Waals surface area (Å²) in [5.74, 6) is -0.783. The van der Waals surface area contributed by atoms with E-state index in [4.69, 9.17) is 0 Å². The smallest absolute Gasteiger partial charge is 0.327 e. The summed E-state index contributed by atoms with van der Waals surface area (Å²) in [5.41, 5.74) is 0.411. The van der Waals surface area contributed by atoms with E-state index < -0.39 is 12.0 Å². The Kier molecular flexibility index (Phi) is 5.04. The molecule has 1 aromatic rings. The molecule has 0 bridgehead atoms. The Morgan fingerprint density at radius 2 is 2.30 bits per heavy atom. The van der Waals surface area contributed by atoms with Gasteiger partial charge in [0.05, 0.1) is 10.9 Å². The number of pyridine rings is 1. The highest BCUT2D eigenvalue weighted by molar-refractivity contribution is 9.10. The van der Waals surface area contributed by atoms with Crippen molar-refractivity contribution >= 4 is 39.6 Å². The van der Waals surface area contributed by atoms with E-state index in [1.807, 2.05) is 6.92 Å². The normalized spacial score (nSPS) is 22.0. The van der Waals surface area contributed by atoms with Gasteiger partial charge in [-0.1, -0.05) is 13.3 Å². The summed E-state index contributed by atoms with van der Waals surface area (Å²) >= 11 is 4.80. The predicted octanol–water partition coefficient (Wildman–Crippen LogP) is 2.61. The molecular formula is C13H15BrN2O3S. The van der Waals surface area contributed by atoms with Gasteiger partial charge >= 0.3 is 5.97 Å². The molecule has 2 unspecified atom stereocenters. The number of hydrogen-bond donors (Lipinski definition) is 1. The number of rotatable bonds is 4. The molecule has 0 spiro atoms. The van der Waals surface area contributed by atoms with Gasteiger partial charge in [-0.3, -0.25) is 9.78 Å². The number of carboxylic acid groups (broad SMARTS) is 1. The van der Waals surface area contributed by atoms with Crippen molar-refractivity contribution in [1.82, 2.24) is 9.88 Å². The van der Waals surface area contributed by atoms with Crippen molar-refractivity contribution in [3.63, 3.8) is 0 Å². The first-order chi connectivity index (χ1) is 9.54. The maximum Gasteiger partial charge on any atom is 0.327 e. The lowest BCUT2D eigenvalue weighted by atomic mass is 10.2. The molecule has 2 atom stereocenters. The lowest BCUT2D eigenvalue weighted by molar-refractivity contribution is -0.141. The highest BCUT2D eigenvalue weighted by Gasteiger charge is 2.41. The standard InChI is InChI=1S/C13H15BrN2O3S/c1-2-3-11-16(10(7-20-11)13(18)19)12(17)8-4-9(14)6-15-5-8/h4-6,10-11H,2-3,7H2,1H3,(H,18,19). The highest BCUT2D eigenvalue weighted by Crippen LogP contribution is 2.33. The zero-order valence-corrected chi connectivity index (χ0v) is 13.4. The molecule has 2 rings (SSSR count). The number of carboxylic acids is 1. The number of hydrogen-bond acceptors (Lipinski definition) is 4. The van der Waals surface area contributed by atoms with E-state index in [1.165, 1.54) is 22.9 Å². The first kappa shape index (κ1) is 15.3. The minimum atomic E-state index is -0.951. The summed E-state index contributed by atoms with van der Waals surface area (Å²) < 4.78 is 0.703. The molecule has 0 aromatic carbocycles. The number of halogens is 1. The second-order valence-electron chi connectivity index (χ2n) is 4.53. The van der Waals surface area contributed by atoms with E-state index in [0.29, 0.717) is 15.8 Å². The summed E-state index contributed by atoms with van der Waals surface area (Å²) in [5, 5.41) is 9.21. The average Bonchev–Trinajstić information content (AvgIpc) is 2.82. The molecule has 7 heteroatoms. The molecule has 20 heavy (non-hydrogen) atoms. The van der Waals surface area contributed by atoms with E-state index in [1.54, 1.807) is 12.3 Å². The number of aliphatic carboxylic acids is 1. The fourth-order valence-corrected chi connectivity index (χ4v) is 4.05. The van der Waals surface area contributed by atoms with Gasteiger partial charge in [-0.2, -0.15) is 0 Å². The number of carbonyl (C=O) groups is 2. The largest absolute Gasteiger partial charge is 0.480 e.